The van der Waals surface area contributed by atoms with Gasteiger partial charge in [-0.15, -0.1) is 0 Å². The molecule has 6 heteroatoms. The fourth-order valence-corrected chi connectivity index (χ4v) is 2.67. The number of carbonyl (C=O) groups excluding carboxylic acids is 2. The van der Waals surface area contributed by atoms with Crippen molar-refractivity contribution in [1.82, 2.24) is 0 Å². The number of nitrogens with one attached hydrogen (secondary N) is 1. The van der Waals surface area contributed by atoms with E-state index in [0.717, 1.165) is 24.0 Å². The van der Waals surface area contributed by atoms with Crippen LogP contribution in [0.5, 0.6) is 5.75 Å². The van der Waals surface area contributed by atoms with Crippen molar-refractivity contribution in [2.75, 3.05) is 11.9 Å². The first kappa shape index (κ1) is 21.8. The summed E-state index contributed by atoms with van der Waals surface area (Å²) in [5.74, 6) is -0.0627. The van der Waals surface area contributed by atoms with Gasteiger partial charge >= 0.3 is 5.97 Å². The first-order chi connectivity index (χ1) is 13.3. The Morgan fingerprint density at radius 2 is 1.71 bits per heavy atom. The second kappa shape index (κ2) is 10.1. The fraction of sp³-hybridized carbons (Fsp3) is 0.364. The highest BCUT2D eigenvalue weighted by molar-refractivity contribution is 6.32. The average molecular weight is 404 g/mol. The van der Waals surface area contributed by atoms with Gasteiger partial charge in [-0.1, -0.05) is 24.9 Å². The molecule has 150 valence electrons. The minimum Gasteiger partial charge on any atom is -0.481 e. The molecular formula is C22H26ClNO4. The van der Waals surface area contributed by atoms with Crippen LogP contribution in [0.1, 0.15) is 48.2 Å². The van der Waals surface area contributed by atoms with Gasteiger partial charge in [0.05, 0.1) is 12.2 Å². The van der Waals surface area contributed by atoms with Gasteiger partial charge in [0.15, 0.2) is 6.10 Å². The maximum atomic E-state index is 12.4. The predicted molar refractivity (Wildman–Crippen MR) is 111 cm³/mol. The van der Waals surface area contributed by atoms with Gasteiger partial charge in [0, 0.05) is 10.7 Å². The van der Waals surface area contributed by atoms with Crippen LogP contribution in [0.4, 0.5) is 5.69 Å². The normalized spacial score (nSPS) is 11.6. The molecule has 0 saturated carbocycles. The highest BCUT2D eigenvalue weighted by Gasteiger charge is 2.16. The van der Waals surface area contributed by atoms with E-state index < -0.39 is 6.10 Å². The molecule has 1 amide bonds. The van der Waals surface area contributed by atoms with E-state index in [2.05, 4.69) is 5.32 Å². The molecule has 2 aromatic rings. The Hall–Kier alpha value is -2.53. The highest BCUT2D eigenvalue weighted by Crippen LogP contribution is 2.26. The van der Waals surface area contributed by atoms with Crippen molar-refractivity contribution >= 4 is 29.2 Å². The lowest BCUT2D eigenvalue weighted by molar-refractivity contribution is -0.122. The Morgan fingerprint density at radius 1 is 1.11 bits per heavy atom. The second-order valence-corrected chi connectivity index (χ2v) is 7.07. The molecule has 0 unspecified atom stereocenters. The summed E-state index contributed by atoms with van der Waals surface area (Å²) in [4.78, 5) is 24.3. The summed E-state index contributed by atoms with van der Waals surface area (Å²) >= 11 is 6.16. The standard InChI is InChI=1S/C22H26ClNO4/c1-5-6-11-27-22(26)17-7-9-18(10-8-17)24-21(25)16(4)28-19-12-14(2)20(23)15(3)13-19/h7-10,12-13,16H,5-6,11H2,1-4H3,(H,24,25)/t16-/m0/s1. The zero-order valence-electron chi connectivity index (χ0n) is 16.7. The lowest BCUT2D eigenvalue weighted by atomic mass is 10.1. The van der Waals surface area contributed by atoms with Crippen molar-refractivity contribution in [3.63, 3.8) is 0 Å². The predicted octanol–water partition coefficient (Wildman–Crippen LogP) is 5.32. The summed E-state index contributed by atoms with van der Waals surface area (Å²) < 4.78 is 10.9. The maximum Gasteiger partial charge on any atom is 0.338 e. The number of carbonyl (C=O) groups is 2. The smallest absolute Gasteiger partial charge is 0.338 e. The zero-order chi connectivity index (χ0) is 20.7. The van der Waals surface area contributed by atoms with Gasteiger partial charge in [0.2, 0.25) is 0 Å². The summed E-state index contributed by atoms with van der Waals surface area (Å²) in [6.07, 6.45) is 1.11. The quantitative estimate of drug-likeness (QED) is 0.478. The van der Waals surface area contributed by atoms with Crippen molar-refractivity contribution in [3.05, 3.63) is 58.1 Å². The van der Waals surface area contributed by atoms with E-state index in [0.29, 0.717) is 28.6 Å². The third kappa shape index (κ3) is 5.99. The van der Waals surface area contributed by atoms with Crippen LogP contribution in [-0.4, -0.2) is 24.6 Å². The molecule has 0 saturated heterocycles. The molecule has 0 bridgehead atoms. The summed E-state index contributed by atoms with van der Waals surface area (Å²) in [5.41, 5.74) is 2.82. The van der Waals surface area contributed by atoms with Gasteiger partial charge in [0.25, 0.3) is 5.91 Å². The zero-order valence-corrected chi connectivity index (χ0v) is 17.4. The van der Waals surface area contributed by atoms with Crippen LogP contribution in [0, 0.1) is 13.8 Å². The van der Waals surface area contributed by atoms with Gasteiger partial charge in [-0.25, -0.2) is 4.79 Å². The molecular weight excluding hydrogens is 378 g/mol. The third-order valence-corrected chi connectivity index (χ3v) is 4.81. The van der Waals surface area contributed by atoms with Gasteiger partial charge in [-0.05, 0) is 74.7 Å². The molecule has 5 nitrogen and oxygen atoms in total. The van der Waals surface area contributed by atoms with E-state index in [9.17, 15) is 9.59 Å². The van der Waals surface area contributed by atoms with Crippen molar-refractivity contribution < 1.29 is 19.1 Å². The minimum absolute atomic E-state index is 0.288. The summed E-state index contributed by atoms with van der Waals surface area (Å²) in [6.45, 7) is 7.90. The number of esters is 1. The third-order valence-electron chi connectivity index (χ3n) is 4.21. The lowest BCUT2D eigenvalue weighted by Gasteiger charge is -2.16. The van der Waals surface area contributed by atoms with E-state index in [1.54, 1.807) is 43.3 Å². The largest absolute Gasteiger partial charge is 0.481 e. The molecule has 1 N–H and O–H groups in total. The summed E-state index contributed by atoms with van der Waals surface area (Å²) in [7, 11) is 0. The summed E-state index contributed by atoms with van der Waals surface area (Å²) in [5, 5.41) is 3.47. The van der Waals surface area contributed by atoms with Crippen LogP contribution in [0.2, 0.25) is 5.02 Å². The van der Waals surface area contributed by atoms with Gasteiger partial charge in [-0.3, -0.25) is 4.79 Å². The van der Waals surface area contributed by atoms with E-state index in [-0.39, 0.29) is 11.9 Å². The number of hydrogen-bond donors (Lipinski definition) is 1. The number of benzene rings is 2. The second-order valence-electron chi connectivity index (χ2n) is 6.69. The number of halogens is 1. The number of ether oxygens (including phenoxy) is 2. The van der Waals surface area contributed by atoms with Crippen LogP contribution in [0.3, 0.4) is 0 Å². The molecule has 2 aromatic carbocycles. The number of amides is 1. The van der Waals surface area contributed by atoms with Gasteiger partial charge in [0.1, 0.15) is 5.75 Å². The number of rotatable bonds is 8. The monoisotopic (exact) mass is 403 g/mol. The Balaban J connectivity index is 1.94. The topological polar surface area (TPSA) is 64.6 Å². The van der Waals surface area contributed by atoms with Crippen molar-refractivity contribution in [2.45, 2.75) is 46.6 Å². The number of unbranched alkanes of at least 4 members (excludes halogenated alkanes) is 1. The maximum absolute atomic E-state index is 12.4. The number of hydrogen-bond acceptors (Lipinski definition) is 4. The fourth-order valence-electron chi connectivity index (χ4n) is 2.56. The minimum atomic E-state index is -0.696. The molecule has 0 spiro atoms. The average Bonchev–Trinajstić information content (AvgIpc) is 2.66. The molecule has 2 rings (SSSR count). The van der Waals surface area contributed by atoms with Crippen LogP contribution >= 0.6 is 11.6 Å². The van der Waals surface area contributed by atoms with E-state index in [4.69, 9.17) is 21.1 Å². The highest BCUT2D eigenvalue weighted by atomic mass is 35.5. The van der Waals surface area contributed by atoms with Gasteiger partial charge in [-0.2, -0.15) is 0 Å². The molecule has 0 heterocycles. The van der Waals surface area contributed by atoms with Crippen molar-refractivity contribution in [1.29, 1.82) is 0 Å². The van der Waals surface area contributed by atoms with E-state index in [1.165, 1.54) is 0 Å². The molecule has 0 fully saturated rings. The lowest BCUT2D eigenvalue weighted by Crippen LogP contribution is -2.30. The molecule has 28 heavy (non-hydrogen) atoms. The van der Waals surface area contributed by atoms with Crippen LogP contribution in [0.15, 0.2) is 36.4 Å². The number of aryl methyl sites for hydroxylation is 2. The summed E-state index contributed by atoms with van der Waals surface area (Å²) in [6, 6.07) is 10.2. The van der Waals surface area contributed by atoms with E-state index in [1.807, 2.05) is 20.8 Å². The van der Waals surface area contributed by atoms with Crippen LogP contribution in [-0.2, 0) is 9.53 Å². The van der Waals surface area contributed by atoms with Crippen LogP contribution in [0.25, 0.3) is 0 Å². The Morgan fingerprint density at radius 3 is 2.29 bits per heavy atom. The van der Waals surface area contributed by atoms with Gasteiger partial charge < -0.3 is 14.8 Å². The SMILES string of the molecule is CCCCOC(=O)c1ccc(NC(=O)[C@H](C)Oc2cc(C)c(Cl)c(C)c2)cc1. The molecule has 1 atom stereocenters. The number of anilines is 1. The first-order valence-electron chi connectivity index (χ1n) is 9.33. The first-order valence-corrected chi connectivity index (χ1v) is 9.71. The Bertz CT molecular complexity index is 810. The Kier molecular flexibility index (Phi) is 7.88. The molecule has 0 aliphatic heterocycles. The molecule has 0 aliphatic rings. The molecule has 0 aromatic heterocycles. The Labute approximate surface area is 171 Å². The van der Waals surface area contributed by atoms with Crippen molar-refractivity contribution in [2.24, 2.45) is 0 Å². The van der Waals surface area contributed by atoms with Crippen LogP contribution < -0.4 is 10.1 Å². The van der Waals surface area contributed by atoms with Crippen molar-refractivity contribution in [3.8, 4) is 5.75 Å². The molecule has 0 aliphatic carbocycles. The van der Waals surface area contributed by atoms with E-state index >= 15 is 0 Å². The molecule has 0 radical (unpaired) electrons.